The second kappa shape index (κ2) is 3.35. The zero-order valence-electron chi connectivity index (χ0n) is 8.90. The number of fused-ring (bicyclic) bond motifs is 1. The first-order valence-corrected chi connectivity index (χ1v) is 5.46. The van der Waals surface area contributed by atoms with Gasteiger partial charge in [0.15, 0.2) is 0 Å². The van der Waals surface area contributed by atoms with Crippen LogP contribution in [0.15, 0.2) is 24.4 Å². The van der Waals surface area contributed by atoms with Crippen molar-refractivity contribution in [3.63, 3.8) is 0 Å². The van der Waals surface area contributed by atoms with E-state index in [9.17, 15) is 0 Å². The van der Waals surface area contributed by atoms with Crippen LogP contribution in [0.5, 0.6) is 0 Å². The zero-order chi connectivity index (χ0) is 10.3. The summed E-state index contributed by atoms with van der Waals surface area (Å²) in [5, 5.41) is 8.99. The van der Waals surface area contributed by atoms with Crippen LogP contribution < -0.4 is 5.32 Å². The minimum absolute atomic E-state index is 0.759. The lowest BCUT2D eigenvalue weighted by Crippen LogP contribution is -2.44. The van der Waals surface area contributed by atoms with Gasteiger partial charge in [-0.15, -0.1) is 0 Å². The fraction of sp³-hybridized carbons (Fsp3) is 0.417. The number of nitrogens with one attached hydrogen (secondary N) is 1. The summed E-state index contributed by atoms with van der Waals surface area (Å²) in [6.45, 7) is 5.42. The van der Waals surface area contributed by atoms with Gasteiger partial charge in [-0.2, -0.15) is 5.10 Å². The molecule has 15 heavy (non-hydrogen) atoms. The number of benzene rings is 1. The van der Waals surface area contributed by atoms with Crippen molar-refractivity contribution in [2.45, 2.75) is 13.5 Å². The standard InChI is InChI=1S/C12H15N3/c1-9-2-3-12-11(4-9)7-14-15(12)8-10-5-13-6-10/h2-4,7,10,13H,5-6,8H2,1H3. The number of aromatic nitrogens is 2. The number of aryl methyl sites for hydroxylation is 1. The molecule has 1 aromatic carbocycles. The maximum Gasteiger partial charge on any atom is 0.0682 e. The quantitative estimate of drug-likeness (QED) is 0.799. The first-order valence-electron chi connectivity index (χ1n) is 5.46. The van der Waals surface area contributed by atoms with Gasteiger partial charge in [-0.1, -0.05) is 11.6 Å². The van der Waals surface area contributed by atoms with Gasteiger partial charge >= 0.3 is 0 Å². The van der Waals surface area contributed by atoms with Crippen molar-refractivity contribution < 1.29 is 0 Å². The van der Waals surface area contributed by atoms with Crippen LogP contribution in [0.1, 0.15) is 5.56 Å². The fourth-order valence-corrected chi connectivity index (χ4v) is 2.07. The first kappa shape index (κ1) is 8.92. The number of hydrogen-bond acceptors (Lipinski definition) is 2. The van der Waals surface area contributed by atoms with Crippen molar-refractivity contribution in [2.75, 3.05) is 13.1 Å². The molecule has 3 rings (SSSR count). The topological polar surface area (TPSA) is 29.9 Å². The molecule has 0 aliphatic carbocycles. The van der Waals surface area contributed by atoms with E-state index in [-0.39, 0.29) is 0 Å². The number of rotatable bonds is 2. The molecule has 1 aliphatic rings. The van der Waals surface area contributed by atoms with Gasteiger partial charge in [-0.25, -0.2) is 0 Å². The lowest BCUT2D eigenvalue weighted by molar-refractivity contribution is 0.299. The van der Waals surface area contributed by atoms with E-state index in [4.69, 9.17) is 0 Å². The summed E-state index contributed by atoms with van der Waals surface area (Å²) in [5.74, 6) is 0.759. The summed E-state index contributed by atoms with van der Waals surface area (Å²) in [6, 6.07) is 6.52. The van der Waals surface area contributed by atoms with Crippen LogP contribution in [0.4, 0.5) is 0 Å². The summed E-state index contributed by atoms with van der Waals surface area (Å²) in [7, 11) is 0. The van der Waals surface area contributed by atoms with Crippen molar-refractivity contribution in [2.24, 2.45) is 5.92 Å². The Morgan fingerprint density at radius 1 is 1.47 bits per heavy atom. The van der Waals surface area contributed by atoms with E-state index in [0.29, 0.717) is 0 Å². The second-order valence-corrected chi connectivity index (χ2v) is 4.41. The van der Waals surface area contributed by atoms with Gasteiger partial charge in [0.2, 0.25) is 0 Å². The van der Waals surface area contributed by atoms with E-state index in [1.54, 1.807) is 0 Å². The first-order chi connectivity index (χ1) is 7.33. The van der Waals surface area contributed by atoms with Gasteiger partial charge in [0.05, 0.1) is 11.7 Å². The smallest absolute Gasteiger partial charge is 0.0682 e. The molecule has 1 aromatic heterocycles. The van der Waals surface area contributed by atoms with E-state index in [1.807, 2.05) is 6.20 Å². The van der Waals surface area contributed by atoms with Gasteiger partial charge in [0.1, 0.15) is 0 Å². The molecule has 0 amide bonds. The van der Waals surface area contributed by atoms with Crippen LogP contribution in [0.3, 0.4) is 0 Å². The Morgan fingerprint density at radius 3 is 3.07 bits per heavy atom. The van der Waals surface area contributed by atoms with Gasteiger partial charge in [0, 0.05) is 30.9 Å². The molecule has 0 bridgehead atoms. The van der Waals surface area contributed by atoms with Crippen LogP contribution in [0.2, 0.25) is 0 Å². The summed E-state index contributed by atoms with van der Waals surface area (Å²) in [5.41, 5.74) is 2.56. The normalized spacial score (nSPS) is 16.9. The molecule has 0 radical (unpaired) electrons. The molecule has 3 nitrogen and oxygen atoms in total. The highest BCUT2D eigenvalue weighted by Gasteiger charge is 2.18. The molecule has 1 saturated heterocycles. The Bertz CT molecular complexity index is 483. The summed E-state index contributed by atoms with van der Waals surface area (Å²) < 4.78 is 2.13. The molecule has 0 atom stereocenters. The largest absolute Gasteiger partial charge is 0.316 e. The van der Waals surface area contributed by atoms with Gasteiger partial charge in [0.25, 0.3) is 0 Å². The Morgan fingerprint density at radius 2 is 2.33 bits per heavy atom. The fourth-order valence-electron chi connectivity index (χ4n) is 2.07. The summed E-state index contributed by atoms with van der Waals surface area (Å²) in [4.78, 5) is 0. The van der Waals surface area contributed by atoms with Crippen molar-refractivity contribution in [3.05, 3.63) is 30.0 Å². The lowest BCUT2D eigenvalue weighted by atomic mass is 10.0. The number of hydrogen-bond donors (Lipinski definition) is 1. The predicted octanol–water partition coefficient (Wildman–Crippen LogP) is 1.56. The maximum absolute atomic E-state index is 4.45. The van der Waals surface area contributed by atoms with E-state index in [2.05, 4.69) is 40.2 Å². The van der Waals surface area contributed by atoms with Gasteiger partial charge in [-0.05, 0) is 19.1 Å². The molecule has 1 N–H and O–H groups in total. The van der Waals surface area contributed by atoms with E-state index in [1.165, 1.54) is 16.5 Å². The minimum atomic E-state index is 0.759. The third-order valence-electron chi connectivity index (χ3n) is 3.09. The van der Waals surface area contributed by atoms with Crippen LogP contribution >= 0.6 is 0 Å². The van der Waals surface area contributed by atoms with Crippen molar-refractivity contribution >= 4 is 10.9 Å². The van der Waals surface area contributed by atoms with Crippen molar-refractivity contribution in [1.82, 2.24) is 15.1 Å². The van der Waals surface area contributed by atoms with Crippen LogP contribution in [-0.2, 0) is 6.54 Å². The number of nitrogens with zero attached hydrogens (tertiary/aromatic N) is 2. The zero-order valence-corrected chi connectivity index (χ0v) is 8.90. The molecule has 2 aromatic rings. The predicted molar refractivity (Wildman–Crippen MR) is 60.8 cm³/mol. The van der Waals surface area contributed by atoms with Crippen LogP contribution in [0, 0.1) is 12.8 Å². The molecule has 0 spiro atoms. The third kappa shape index (κ3) is 1.53. The Balaban J connectivity index is 1.96. The molecule has 78 valence electrons. The molecular weight excluding hydrogens is 186 g/mol. The SMILES string of the molecule is Cc1ccc2c(cnn2CC2CNC2)c1. The van der Waals surface area contributed by atoms with E-state index >= 15 is 0 Å². The molecule has 2 heterocycles. The van der Waals surface area contributed by atoms with Crippen LogP contribution in [0.25, 0.3) is 10.9 Å². The van der Waals surface area contributed by atoms with Gasteiger partial charge in [-0.3, -0.25) is 4.68 Å². The Hall–Kier alpha value is -1.35. The Kier molecular flexibility index (Phi) is 1.99. The van der Waals surface area contributed by atoms with Crippen molar-refractivity contribution in [3.8, 4) is 0 Å². The minimum Gasteiger partial charge on any atom is -0.316 e. The Labute approximate surface area is 89.1 Å². The molecule has 0 saturated carbocycles. The second-order valence-electron chi connectivity index (χ2n) is 4.41. The summed E-state index contributed by atoms with van der Waals surface area (Å²) >= 11 is 0. The van der Waals surface area contributed by atoms with Crippen LogP contribution in [-0.4, -0.2) is 22.9 Å². The molecule has 1 fully saturated rings. The molecular formula is C12H15N3. The van der Waals surface area contributed by atoms with Gasteiger partial charge < -0.3 is 5.32 Å². The summed E-state index contributed by atoms with van der Waals surface area (Å²) in [6.07, 6.45) is 1.97. The average molecular weight is 201 g/mol. The highest BCUT2D eigenvalue weighted by molar-refractivity contribution is 5.79. The van der Waals surface area contributed by atoms with E-state index < -0.39 is 0 Å². The molecule has 1 aliphatic heterocycles. The van der Waals surface area contributed by atoms with Crippen molar-refractivity contribution in [1.29, 1.82) is 0 Å². The van der Waals surface area contributed by atoms with E-state index in [0.717, 1.165) is 25.6 Å². The maximum atomic E-state index is 4.45. The lowest BCUT2D eigenvalue weighted by Gasteiger charge is -2.27. The highest BCUT2D eigenvalue weighted by atomic mass is 15.3. The molecule has 0 unspecified atom stereocenters. The monoisotopic (exact) mass is 201 g/mol. The molecule has 3 heteroatoms. The average Bonchev–Trinajstić information content (AvgIpc) is 2.54. The highest BCUT2D eigenvalue weighted by Crippen LogP contribution is 2.17. The third-order valence-corrected chi connectivity index (χ3v) is 3.09.